The molecular formula is C12H12F4N2O. The first kappa shape index (κ1) is 13.8. The summed E-state index contributed by atoms with van der Waals surface area (Å²) in [6.07, 6.45) is -6.10. The first-order chi connectivity index (χ1) is 8.87. The fraction of sp³-hybridized carbons (Fsp3) is 0.417. The van der Waals surface area contributed by atoms with Gasteiger partial charge in [0.2, 0.25) is 5.91 Å². The van der Waals surface area contributed by atoms with Gasteiger partial charge >= 0.3 is 6.18 Å². The summed E-state index contributed by atoms with van der Waals surface area (Å²) in [6, 6.07) is 5.47. The molecule has 1 atom stereocenters. The maximum absolute atomic E-state index is 13.1. The van der Waals surface area contributed by atoms with Gasteiger partial charge in [0.25, 0.3) is 0 Å². The Hall–Kier alpha value is -1.63. The molecule has 2 rings (SSSR count). The lowest BCUT2D eigenvalue weighted by Gasteiger charge is -2.25. The molecule has 0 radical (unpaired) electrons. The van der Waals surface area contributed by atoms with Crippen LogP contribution in [-0.2, 0) is 4.79 Å². The van der Waals surface area contributed by atoms with Gasteiger partial charge in [0.15, 0.2) is 0 Å². The lowest BCUT2D eigenvalue weighted by molar-refractivity contribution is -0.144. The minimum absolute atomic E-state index is 0.0426. The van der Waals surface area contributed by atoms with E-state index >= 15 is 0 Å². The summed E-state index contributed by atoms with van der Waals surface area (Å²) < 4.78 is 49.7. The van der Waals surface area contributed by atoms with Gasteiger partial charge in [-0.2, -0.15) is 13.2 Å². The van der Waals surface area contributed by atoms with Crippen LogP contribution in [0, 0.1) is 5.82 Å². The highest BCUT2D eigenvalue weighted by Crippen LogP contribution is 2.26. The molecule has 1 saturated heterocycles. The smallest absolute Gasteiger partial charge is 0.321 e. The van der Waals surface area contributed by atoms with Crippen molar-refractivity contribution in [1.29, 1.82) is 0 Å². The number of nitrogens with one attached hydrogen (secondary N) is 1. The standard InChI is InChI=1S/C12H12F4N2O/c13-9-3-1-2-8(6-9)11-17-7-10(19)18(11)5-4-12(14,15)16/h1-3,6,11,17H,4-5,7H2. The molecule has 1 fully saturated rings. The zero-order valence-corrected chi connectivity index (χ0v) is 9.88. The van der Waals surface area contributed by atoms with Gasteiger partial charge in [-0.1, -0.05) is 12.1 Å². The molecule has 1 N–H and O–H groups in total. The minimum Gasteiger partial charge on any atom is -0.321 e. The number of halogens is 4. The predicted molar refractivity (Wildman–Crippen MR) is 59.5 cm³/mol. The zero-order valence-electron chi connectivity index (χ0n) is 9.88. The van der Waals surface area contributed by atoms with Crippen LogP contribution < -0.4 is 5.32 Å². The molecule has 1 heterocycles. The molecule has 0 bridgehead atoms. The van der Waals surface area contributed by atoms with E-state index in [4.69, 9.17) is 0 Å². The minimum atomic E-state index is -4.32. The van der Waals surface area contributed by atoms with E-state index in [1.807, 2.05) is 0 Å². The van der Waals surface area contributed by atoms with E-state index in [1.54, 1.807) is 6.07 Å². The molecule has 7 heteroatoms. The highest BCUT2D eigenvalue weighted by molar-refractivity contribution is 5.80. The van der Waals surface area contributed by atoms with Crippen LogP contribution in [0.5, 0.6) is 0 Å². The number of rotatable bonds is 3. The fourth-order valence-electron chi connectivity index (χ4n) is 2.02. The van der Waals surface area contributed by atoms with Crippen LogP contribution in [0.3, 0.4) is 0 Å². The van der Waals surface area contributed by atoms with Crippen LogP contribution in [-0.4, -0.2) is 30.1 Å². The third kappa shape index (κ3) is 3.44. The number of benzene rings is 1. The number of nitrogens with zero attached hydrogens (tertiary/aromatic N) is 1. The van der Waals surface area contributed by atoms with Crippen LogP contribution in [0.15, 0.2) is 24.3 Å². The molecule has 1 aromatic carbocycles. The predicted octanol–water partition coefficient (Wildman–Crippen LogP) is 2.21. The molecule has 0 aliphatic carbocycles. The molecule has 3 nitrogen and oxygen atoms in total. The second-order valence-electron chi connectivity index (χ2n) is 4.29. The average molecular weight is 276 g/mol. The Balaban J connectivity index is 2.13. The Morgan fingerprint density at radius 2 is 2.11 bits per heavy atom. The summed E-state index contributed by atoms with van der Waals surface area (Å²) in [7, 11) is 0. The van der Waals surface area contributed by atoms with E-state index in [1.165, 1.54) is 18.2 Å². The summed E-state index contributed by atoms with van der Waals surface area (Å²) in [5.74, 6) is -0.909. The zero-order chi connectivity index (χ0) is 14.0. The molecule has 0 spiro atoms. The van der Waals surface area contributed by atoms with Gasteiger partial charge in [0.05, 0.1) is 13.0 Å². The second kappa shape index (κ2) is 5.16. The quantitative estimate of drug-likeness (QED) is 0.858. The normalized spacial score (nSPS) is 20.1. The van der Waals surface area contributed by atoms with Crippen molar-refractivity contribution in [3.8, 4) is 0 Å². The Morgan fingerprint density at radius 1 is 1.37 bits per heavy atom. The third-order valence-electron chi connectivity index (χ3n) is 2.88. The van der Waals surface area contributed by atoms with Crippen LogP contribution in [0.25, 0.3) is 0 Å². The first-order valence-electron chi connectivity index (χ1n) is 5.72. The molecule has 1 aliphatic rings. The van der Waals surface area contributed by atoms with E-state index in [0.29, 0.717) is 5.56 Å². The molecule has 1 aromatic rings. The lowest BCUT2D eigenvalue weighted by Crippen LogP contribution is -2.33. The Morgan fingerprint density at radius 3 is 2.74 bits per heavy atom. The molecule has 1 aliphatic heterocycles. The van der Waals surface area contributed by atoms with Crippen LogP contribution in [0.2, 0.25) is 0 Å². The summed E-state index contributed by atoms with van der Waals surface area (Å²) in [6.45, 7) is -0.477. The van der Waals surface area contributed by atoms with E-state index in [-0.39, 0.29) is 6.54 Å². The lowest BCUT2D eigenvalue weighted by atomic mass is 10.1. The van der Waals surface area contributed by atoms with Crippen LogP contribution >= 0.6 is 0 Å². The third-order valence-corrected chi connectivity index (χ3v) is 2.88. The van der Waals surface area contributed by atoms with E-state index in [2.05, 4.69) is 5.32 Å². The van der Waals surface area contributed by atoms with Gasteiger partial charge in [-0.3, -0.25) is 10.1 Å². The Labute approximate surface area is 107 Å². The van der Waals surface area contributed by atoms with E-state index in [0.717, 1.165) is 4.90 Å². The van der Waals surface area contributed by atoms with Gasteiger partial charge in [-0.05, 0) is 17.7 Å². The maximum atomic E-state index is 13.1. The summed E-state index contributed by atoms with van der Waals surface area (Å²) in [4.78, 5) is 12.6. The summed E-state index contributed by atoms with van der Waals surface area (Å²) in [5.41, 5.74) is 0.438. The summed E-state index contributed by atoms with van der Waals surface area (Å²) in [5, 5.41) is 2.78. The summed E-state index contributed by atoms with van der Waals surface area (Å²) >= 11 is 0. The number of hydrogen-bond donors (Lipinski definition) is 1. The number of carbonyl (C=O) groups excluding carboxylic acids is 1. The molecule has 104 valence electrons. The van der Waals surface area contributed by atoms with Crippen molar-refractivity contribution in [2.75, 3.05) is 13.1 Å². The number of carbonyl (C=O) groups is 1. The maximum Gasteiger partial charge on any atom is 0.390 e. The van der Waals surface area contributed by atoms with E-state index < -0.39 is 37.0 Å². The molecular weight excluding hydrogens is 264 g/mol. The van der Waals surface area contributed by atoms with Gasteiger partial charge < -0.3 is 4.90 Å². The van der Waals surface area contributed by atoms with Crippen LogP contribution in [0.1, 0.15) is 18.2 Å². The molecule has 0 saturated carbocycles. The monoisotopic (exact) mass is 276 g/mol. The molecule has 19 heavy (non-hydrogen) atoms. The van der Waals surface area contributed by atoms with Gasteiger partial charge in [-0.25, -0.2) is 4.39 Å². The van der Waals surface area contributed by atoms with Crippen LogP contribution in [0.4, 0.5) is 17.6 Å². The molecule has 0 aromatic heterocycles. The van der Waals surface area contributed by atoms with Crippen molar-refractivity contribution >= 4 is 5.91 Å². The number of amides is 1. The second-order valence-corrected chi connectivity index (χ2v) is 4.29. The van der Waals surface area contributed by atoms with Crippen molar-refractivity contribution in [2.24, 2.45) is 0 Å². The van der Waals surface area contributed by atoms with Crippen molar-refractivity contribution in [2.45, 2.75) is 18.8 Å². The van der Waals surface area contributed by atoms with Crippen molar-refractivity contribution in [3.05, 3.63) is 35.6 Å². The molecule has 1 unspecified atom stereocenters. The topological polar surface area (TPSA) is 32.3 Å². The van der Waals surface area contributed by atoms with E-state index in [9.17, 15) is 22.4 Å². The fourth-order valence-corrected chi connectivity index (χ4v) is 2.02. The Bertz CT molecular complexity index is 475. The SMILES string of the molecule is O=C1CNC(c2cccc(F)c2)N1CCC(F)(F)F. The van der Waals surface area contributed by atoms with Crippen molar-refractivity contribution in [3.63, 3.8) is 0 Å². The number of hydrogen-bond acceptors (Lipinski definition) is 2. The average Bonchev–Trinajstić information content (AvgIpc) is 2.67. The highest BCUT2D eigenvalue weighted by Gasteiger charge is 2.35. The Kier molecular flexibility index (Phi) is 3.75. The highest BCUT2D eigenvalue weighted by atomic mass is 19.4. The van der Waals surface area contributed by atoms with Gasteiger partial charge in [0, 0.05) is 6.54 Å². The largest absolute Gasteiger partial charge is 0.390 e. The van der Waals surface area contributed by atoms with Gasteiger partial charge in [-0.15, -0.1) is 0 Å². The van der Waals surface area contributed by atoms with Gasteiger partial charge in [0.1, 0.15) is 12.0 Å². The first-order valence-corrected chi connectivity index (χ1v) is 5.72. The van der Waals surface area contributed by atoms with Crippen molar-refractivity contribution in [1.82, 2.24) is 10.2 Å². The molecule has 1 amide bonds. The number of alkyl halides is 3. The van der Waals surface area contributed by atoms with Crippen molar-refractivity contribution < 1.29 is 22.4 Å².